The monoisotopic (exact) mass is 261 g/mol. The normalized spacial score (nSPS) is 10.9. The van der Waals surface area contributed by atoms with Crippen LogP contribution < -0.4 is 5.32 Å². The predicted molar refractivity (Wildman–Crippen MR) is 73.8 cm³/mol. The van der Waals surface area contributed by atoms with Gasteiger partial charge in [-0.05, 0) is 24.6 Å². The third-order valence-corrected chi connectivity index (χ3v) is 4.21. The van der Waals surface area contributed by atoms with Crippen LogP contribution in [-0.4, -0.2) is 9.97 Å². The van der Waals surface area contributed by atoms with Gasteiger partial charge in [0, 0.05) is 11.1 Å². The molecule has 0 saturated carbocycles. The summed E-state index contributed by atoms with van der Waals surface area (Å²) in [5.41, 5.74) is 4.16. The standard InChI is InChI=1S/C12H11N3S2/c1-8-2-3-11-10(4-8)15-12(17-11)14-6-9-5-13-7-16-9/h2-5,7H,6H2,1H3,(H,14,15). The van der Waals surface area contributed by atoms with Gasteiger partial charge in [-0.15, -0.1) is 11.3 Å². The second-order valence-electron chi connectivity index (χ2n) is 3.81. The number of thiazole rings is 2. The number of fused-ring (bicyclic) bond motifs is 1. The number of benzene rings is 1. The van der Waals surface area contributed by atoms with Crippen molar-refractivity contribution in [3.05, 3.63) is 40.3 Å². The minimum absolute atomic E-state index is 0.795. The van der Waals surface area contributed by atoms with Crippen molar-refractivity contribution in [2.45, 2.75) is 13.5 Å². The molecule has 0 radical (unpaired) electrons. The molecule has 86 valence electrons. The van der Waals surface area contributed by atoms with Gasteiger partial charge in [0.05, 0.1) is 22.3 Å². The Balaban J connectivity index is 1.81. The van der Waals surface area contributed by atoms with Crippen LogP contribution in [0, 0.1) is 6.92 Å². The van der Waals surface area contributed by atoms with Crippen LogP contribution in [0.15, 0.2) is 29.9 Å². The van der Waals surface area contributed by atoms with E-state index in [9.17, 15) is 0 Å². The lowest BCUT2D eigenvalue weighted by Gasteiger charge is -1.97. The number of hydrogen-bond donors (Lipinski definition) is 1. The molecule has 3 nitrogen and oxygen atoms in total. The third-order valence-electron chi connectivity index (χ3n) is 2.44. The topological polar surface area (TPSA) is 37.8 Å². The molecule has 0 aliphatic carbocycles. The largest absolute Gasteiger partial charge is 0.357 e. The lowest BCUT2D eigenvalue weighted by molar-refractivity contribution is 1.16. The van der Waals surface area contributed by atoms with E-state index in [1.807, 2.05) is 11.7 Å². The summed E-state index contributed by atoms with van der Waals surface area (Å²) >= 11 is 3.34. The van der Waals surface area contributed by atoms with E-state index < -0.39 is 0 Å². The van der Waals surface area contributed by atoms with Crippen molar-refractivity contribution in [3.63, 3.8) is 0 Å². The van der Waals surface area contributed by atoms with Crippen molar-refractivity contribution in [1.29, 1.82) is 0 Å². The van der Waals surface area contributed by atoms with Crippen molar-refractivity contribution in [3.8, 4) is 0 Å². The highest BCUT2D eigenvalue weighted by Crippen LogP contribution is 2.26. The lowest BCUT2D eigenvalue weighted by atomic mass is 10.2. The van der Waals surface area contributed by atoms with E-state index in [4.69, 9.17) is 0 Å². The molecule has 0 atom stereocenters. The molecule has 2 aromatic heterocycles. The van der Waals surface area contributed by atoms with E-state index in [0.29, 0.717) is 0 Å². The zero-order valence-corrected chi connectivity index (χ0v) is 10.9. The minimum atomic E-state index is 0.795. The van der Waals surface area contributed by atoms with E-state index in [1.165, 1.54) is 15.1 Å². The molecule has 3 rings (SSSR count). The molecule has 1 aromatic carbocycles. The second kappa shape index (κ2) is 4.43. The van der Waals surface area contributed by atoms with Crippen molar-refractivity contribution in [2.24, 2.45) is 0 Å². The van der Waals surface area contributed by atoms with Gasteiger partial charge < -0.3 is 5.32 Å². The van der Waals surface area contributed by atoms with E-state index in [-0.39, 0.29) is 0 Å². The van der Waals surface area contributed by atoms with Crippen LogP contribution in [0.3, 0.4) is 0 Å². The Labute approximate surface area is 107 Å². The Hall–Kier alpha value is -1.46. The van der Waals surface area contributed by atoms with Crippen LogP contribution >= 0.6 is 22.7 Å². The summed E-state index contributed by atoms with van der Waals surface area (Å²) in [6.07, 6.45) is 1.88. The number of hydrogen-bond acceptors (Lipinski definition) is 5. The van der Waals surface area contributed by atoms with Crippen LogP contribution in [0.5, 0.6) is 0 Å². The molecule has 0 aliphatic rings. The molecule has 0 fully saturated rings. The van der Waals surface area contributed by atoms with Gasteiger partial charge in [-0.2, -0.15) is 0 Å². The van der Waals surface area contributed by atoms with Gasteiger partial charge in [-0.25, -0.2) is 4.98 Å². The van der Waals surface area contributed by atoms with Crippen LogP contribution in [0.2, 0.25) is 0 Å². The van der Waals surface area contributed by atoms with Gasteiger partial charge in [-0.1, -0.05) is 17.4 Å². The number of aryl methyl sites for hydroxylation is 1. The first-order chi connectivity index (χ1) is 8.31. The first kappa shape index (κ1) is 10.7. The molecular formula is C12H11N3S2. The summed E-state index contributed by atoms with van der Waals surface area (Å²) in [6, 6.07) is 6.36. The molecule has 0 spiro atoms. The Kier molecular flexibility index (Phi) is 2.78. The Bertz CT molecular complexity index is 628. The van der Waals surface area contributed by atoms with Crippen LogP contribution in [0.25, 0.3) is 10.2 Å². The van der Waals surface area contributed by atoms with Crippen LogP contribution in [0.1, 0.15) is 10.4 Å². The van der Waals surface area contributed by atoms with Gasteiger partial charge in [0.25, 0.3) is 0 Å². The summed E-state index contributed by atoms with van der Waals surface area (Å²) in [5, 5.41) is 4.31. The molecule has 0 aliphatic heterocycles. The van der Waals surface area contributed by atoms with Crippen LogP contribution in [0.4, 0.5) is 5.13 Å². The first-order valence-electron chi connectivity index (χ1n) is 5.30. The fourth-order valence-corrected chi connectivity index (χ4v) is 2.98. The number of anilines is 1. The predicted octanol–water partition coefficient (Wildman–Crippen LogP) is 3.67. The highest BCUT2D eigenvalue weighted by Gasteiger charge is 2.03. The van der Waals surface area contributed by atoms with Gasteiger partial charge in [0.15, 0.2) is 5.13 Å². The molecule has 0 unspecified atom stereocenters. The number of rotatable bonds is 3. The Morgan fingerprint density at radius 2 is 2.29 bits per heavy atom. The van der Waals surface area contributed by atoms with Crippen molar-refractivity contribution in [1.82, 2.24) is 9.97 Å². The average molecular weight is 261 g/mol. The fourth-order valence-electron chi connectivity index (χ4n) is 1.61. The van der Waals surface area contributed by atoms with Gasteiger partial charge >= 0.3 is 0 Å². The second-order valence-corrected chi connectivity index (χ2v) is 5.81. The number of nitrogens with zero attached hydrogens (tertiary/aromatic N) is 2. The van der Waals surface area contributed by atoms with Crippen molar-refractivity contribution >= 4 is 38.0 Å². The number of aromatic nitrogens is 2. The molecule has 17 heavy (non-hydrogen) atoms. The first-order valence-corrected chi connectivity index (χ1v) is 6.99. The van der Waals surface area contributed by atoms with Gasteiger partial charge in [0.1, 0.15) is 0 Å². The third kappa shape index (κ3) is 2.30. The minimum Gasteiger partial charge on any atom is -0.357 e. The van der Waals surface area contributed by atoms with E-state index in [1.54, 1.807) is 22.7 Å². The molecule has 1 N–H and O–H groups in total. The molecule has 3 aromatic rings. The average Bonchev–Trinajstić information content (AvgIpc) is 2.94. The zero-order valence-electron chi connectivity index (χ0n) is 9.30. The summed E-state index contributed by atoms with van der Waals surface area (Å²) in [6.45, 7) is 2.88. The molecule has 5 heteroatoms. The summed E-state index contributed by atoms with van der Waals surface area (Å²) in [5.74, 6) is 0. The molecule has 2 heterocycles. The molecule has 0 bridgehead atoms. The van der Waals surface area contributed by atoms with E-state index in [2.05, 4.69) is 40.4 Å². The quantitative estimate of drug-likeness (QED) is 0.781. The maximum atomic E-state index is 4.56. The summed E-state index contributed by atoms with van der Waals surface area (Å²) < 4.78 is 1.22. The van der Waals surface area contributed by atoms with Crippen molar-refractivity contribution < 1.29 is 0 Å². The zero-order chi connectivity index (χ0) is 11.7. The smallest absolute Gasteiger partial charge is 0.184 e. The molecule has 0 amide bonds. The number of nitrogens with one attached hydrogen (secondary N) is 1. The summed E-state index contributed by atoms with van der Waals surface area (Å²) in [4.78, 5) is 9.84. The maximum absolute atomic E-state index is 4.56. The van der Waals surface area contributed by atoms with Crippen LogP contribution in [-0.2, 0) is 6.54 Å². The highest BCUT2D eigenvalue weighted by atomic mass is 32.1. The highest BCUT2D eigenvalue weighted by molar-refractivity contribution is 7.22. The van der Waals surface area contributed by atoms with Gasteiger partial charge in [0.2, 0.25) is 0 Å². The lowest BCUT2D eigenvalue weighted by Crippen LogP contribution is -1.96. The Morgan fingerprint density at radius 1 is 1.35 bits per heavy atom. The van der Waals surface area contributed by atoms with E-state index >= 15 is 0 Å². The molecular weight excluding hydrogens is 250 g/mol. The SMILES string of the molecule is Cc1ccc2sc(NCc3cncs3)nc2c1. The Morgan fingerprint density at radius 3 is 3.12 bits per heavy atom. The maximum Gasteiger partial charge on any atom is 0.184 e. The summed E-state index contributed by atoms with van der Waals surface area (Å²) in [7, 11) is 0. The fraction of sp³-hybridized carbons (Fsp3) is 0.167. The van der Waals surface area contributed by atoms with E-state index in [0.717, 1.165) is 17.2 Å². The molecule has 0 saturated heterocycles. The van der Waals surface area contributed by atoms with Gasteiger partial charge in [-0.3, -0.25) is 4.98 Å². The van der Waals surface area contributed by atoms with Crippen molar-refractivity contribution in [2.75, 3.05) is 5.32 Å².